The second-order valence-electron chi connectivity index (χ2n) is 12.7. The third kappa shape index (κ3) is 6.20. The summed E-state index contributed by atoms with van der Waals surface area (Å²) < 4.78 is 11.2. The number of allylic oxidation sites excluding steroid dienone is 1. The molecule has 0 radical (unpaired) electrons. The Morgan fingerprint density at radius 3 is 2.28 bits per heavy atom. The summed E-state index contributed by atoms with van der Waals surface area (Å²) in [5, 5.41) is 3.64. The highest BCUT2D eigenvalue weighted by Gasteiger charge is 2.41. The van der Waals surface area contributed by atoms with Crippen LogP contribution >= 0.6 is 0 Å². The molecule has 2 aliphatic rings. The molecule has 43 heavy (non-hydrogen) atoms. The van der Waals surface area contributed by atoms with Crippen LogP contribution < -0.4 is 19.7 Å². The van der Waals surface area contributed by atoms with E-state index >= 15 is 0 Å². The van der Waals surface area contributed by atoms with Crippen molar-refractivity contribution in [3.8, 4) is 11.5 Å². The molecule has 0 bridgehead atoms. The lowest BCUT2D eigenvalue weighted by molar-refractivity contribution is -0.119. The van der Waals surface area contributed by atoms with Gasteiger partial charge in [-0.2, -0.15) is 0 Å². The number of nitrogens with one attached hydrogen (secondary N) is 1. The fraction of sp³-hybridized carbons (Fsp3) is 0.405. The number of fused-ring (bicyclic) bond motifs is 1. The van der Waals surface area contributed by atoms with E-state index in [-0.39, 0.29) is 23.0 Å². The molecule has 1 aliphatic carbocycles. The highest BCUT2D eigenvalue weighted by molar-refractivity contribution is 6.06. The summed E-state index contributed by atoms with van der Waals surface area (Å²) in [7, 11) is 3.21. The van der Waals surface area contributed by atoms with Gasteiger partial charge in [0, 0.05) is 24.1 Å². The van der Waals surface area contributed by atoms with Gasteiger partial charge in [-0.1, -0.05) is 83.0 Å². The highest BCUT2D eigenvalue weighted by atomic mass is 16.5. The molecule has 1 N–H and O–H groups in total. The molecule has 6 nitrogen and oxygen atoms in total. The summed E-state index contributed by atoms with van der Waals surface area (Å²) in [6.45, 7) is 8.76. The van der Waals surface area contributed by atoms with E-state index in [1.54, 1.807) is 14.2 Å². The molecule has 3 aromatic rings. The van der Waals surface area contributed by atoms with Crippen molar-refractivity contribution < 1.29 is 19.1 Å². The quantitative estimate of drug-likeness (QED) is 0.271. The molecule has 3 aromatic carbocycles. The lowest BCUT2D eigenvalue weighted by atomic mass is 9.77. The van der Waals surface area contributed by atoms with Gasteiger partial charge in [0.1, 0.15) is 0 Å². The zero-order chi connectivity index (χ0) is 30.7. The number of ketones is 1. The van der Waals surface area contributed by atoms with E-state index in [0.717, 1.165) is 47.5 Å². The number of anilines is 2. The van der Waals surface area contributed by atoms with E-state index < -0.39 is 6.04 Å². The van der Waals surface area contributed by atoms with Crippen LogP contribution in [0.25, 0.3) is 0 Å². The number of hydrogen-bond acceptors (Lipinski definition) is 5. The topological polar surface area (TPSA) is 67.9 Å². The Bertz CT molecular complexity index is 1520. The number of para-hydroxylation sites is 2. The number of nitrogens with zero attached hydrogens (tertiary/aromatic N) is 1. The molecule has 2 atom stereocenters. The second-order valence-corrected chi connectivity index (χ2v) is 12.7. The molecule has 1 amide bonds. The van der Waals surface area contributed by atoms with Crippen LogP contribution in [0.15, 0.2) is 78.0 Å². The fourth-order valence-corrected chi connectivity index (χ4v) is 6.34. The van der Waals surface area contributed by atoms with Crippen LogP contribution in [-0.2, 0) is 15.0 Å². The third-order valence-corrected chi connectivity index (χ3v) is 8.72. The molecule has 0 fully saturated rings. The number of benzene rings is 3. The van der Waals surface area contributed by atoms with Crippen LogP contribution in [0.2, 0.25) is 0 Å². The maximum Gasteiger partial charge on any atom is 0.227 e. The van der Waals surface area contributed by atoms with Gasteiger partial charge in [0.2, 0.25) is 5.91 Å². The lowest BCUT2D eigenvalue weighted by Crippen LogP contribution is -2.38. The number of ether oxygens (including phenoxy) is 2. The minimum Gasteiger partial charge on any atom is -0.493 e. The van der Waals surface area contributed by atoms with E-state index in [0.29, 0.717) is 36.3 Å². The first-order valence-electron chi connectivity index (χ1n) is 15.4. The van der Waals surface area contributed by atoms with Gasteiger partial charge < -0.3 is 14.8 Å². The van der Waals surface area contributed by atoms with E-state index in [1.165, 1.54) is 5.56 Å². The number of unbranched alkanes of at least 4 members (excludes halogenated alkanes) is 2. The molecular formula is C37H44N2O4. The van der Waals surface area contributed by atoms with Crippen LogP contribution in [0.5, 0.6) is 11.5 Å². The maximum atomic E-state index is 14.3. The SMILES string of the molecule is CCCCCC(=O)N1c2ccccc2NC2=C(C(=O)C[C@@H](c3ccc(C(C)(C)C)cc3)C2)[C@@H]1c1ccc(OC)c(OC)c1. The van der Waals surface area contributed by atoms with Gasteiger partial charge in [0.25, 0.3) is 0 Å². The molecule has 0 spiro atoms. The maximum absolute atomic E-state index is 14.3. The second kappa shape index (κ2) is 12.7. The smallest absolute Gasteiger partial charge is 0.227 e. The zero-order valence-corrected chi connectivity index (χ0v) is 26.3. The molecule has 0 unspecified atom stereocenters. The van der Waals surface area contributed by atoms with Crippen molar-refractivity contribution in [1.82, 2.24) is 0 Å². The minimum atomic E-state index is -0.600. The van der Waals surface area contributed by atoms with Gasteiger partial charge in [0.15, 0.2) is 17.3 Å². The van der Waals surface area contributed by atoms with Crippen molar-refractivity contribution in [2.24, 2.45) is 0 Å². The Hall–Kier alpha value is -4.06. The molecule has 226 valence electrons. The van der Waals surface area contributed by atoms with E-state index in [2.05, 4.69) is 57.3 Å². The van der Waals surface area contributed by atoms with Gasteiger partial charge in [0.05, 0.1) is 31.6 Å². The van der Waals surface area contributed by atoms with E-state index in [1.807, 2.05) is 47.4 Å². The Morgan fingerprint density at radius 1 is 0.907 bits per heavy atom. The van der Waals surface area contributed by atoms with Crippen molar-refractivity contribution in [3.63, 3.8) is 0 Å². The van der Waals surface area contributed by atoms with Gasteiger partial charge in [-0.3, -0.25) is 14.5 Å². The molecule has 1 heterocycles. The van der Waals surface area contributed by atoms with E-state index in [4.69, 9.17) is 9.47 Å². The van der Waals surface area contributed by atoms with Crippen LogP contribution in [-0.4, -0.2) is 25.9 Å². The van der Waals surface area contributed by atoms with Crippen molar-refractivity contribution in [2.75, 3.05) is 24.4 Å². The first-order chi connectivity index (χ1) is 20.7. The minimum absolute atomic E-state index is 0.00364. The van der Waals surface area contributed by atoms with E-state index in [9.17, 15) is 9.59 Å². The summed E-state index contributed by atoms with van der Waals surface area (Å²) in [4.78, 5) is 30.3. The zero-order valence-electron chi connectivity index (χ0n) is 26.3. The van der Waals surface area contributed by atoms with Crippen LogP contribution in [0, 0.1) is 0 Å². The summed E-state index contributed by atoms with van der Waals surface area (Å²) in [6, 6.07) is 21.7. The molecule has 0 saturated heterocycles. The number of amides is 1. The molecular weight excluding hydrogens is 536 g/mol. The van der Waals surface area contributed by atoms with Crippen molar-refractivity contribution in [2.45, 2.75) is 83.6 Å². The summed E-state index contributed by atoms with van der Waals surface area (Å²) >= 11 is 0. The number of hydrogen-bond donors (Lipinski definition) is 1. The molecule has 1 aliphatic heterocycles. The lowest BCUT2D eigenvalue weighted by Gasteiger charge is -2.35. The Labute approximate surface area is 256 Å². The number of carbonyl (C=O) groups is 2. The summed E-state index contributed by atoms with van der Waals surface area (Å²) in [6.07, 6.45) is 4.26. The molecule has 6 heteroatoms. The first kappa shape index (κ1) is 30.4. The van der Waals surface area contributed by atoms with Gasteiger partial charge in [-0.15, -0.1) is 0 Å². The third-order valence-electron chi connectivity index (χ3n) is 8.72. The summed E-state index contributed by atoms with van der Waals surface area (Å²) in [5.74, 6) is 1.26. The number of rotatable bonds is 8. The number of carbonyl (C=O) groups excluding carboxylic acids is 2. The molecule has 0 saturated carbocycles. The van der Waals surface area contributed by atoms with Crippen LogP contribution in [0.1, 0.15) is 94.9 Å². The highest BCUT2D eigenvalue weighted by Crippen LogP contribution is 2.48. The Balaban J connectivity index is 1.65. The number of methoxy groups -OCH3 is 2. The monoisotopic (exact) mass is 580 g/mol. The number of Topliss-reactive ketones (excluding diaryl/α,β-unsaturated/α-hetero) is 1. The van der Waals surface area contributed by atoms with Crippen LogP contribution in [0.3, 0.4) is 0 Å². The Morgan fingerprint density at radius 2 is 1.60 bits per heavy atom. The first-order valence-corrected chi connectivity index (χ1v) is 15.4. The van der Waals surface area contributed by atoms with Crippen molar-refractivity contribution in [3.05, 3.63) is 94.7 Å². The Kier molecular flexibility index (Phi) is 8.95. The van der Waals surface area contributed by atoms with Gasteiger partial charge in [-0.25, -0.2) is 0 Å². The molecule has 5 rings (SSSR count). The van der Waals surface area contributed by atoms with Gasteiger partial charge in [-0.05, 0) is 65.1 Å². The average molecular weight is 581 g/mol. The van der Waals surface area contributed by atoms with Crippen molar-refractivity contribution in [1.29, 1.82) is 0 Å². The standard InChI is InChI=1S/C37H44N2O4/c1-7-8-9-14-34(41)39-30-13-11-10-12-28(30)38-29-21-26(24-15-18-27(19-16-24)37(2,3)4)22-31(40)35(29)36(39)25-17-20-32(42-5)33(23-25)43-6/h10-13,15-20,23,26,36,38H,7-9,14,21-22H2,1-6H3/t26-,36-/m0/s1. The van der Waals surface area contributed by atoms with Crippen molar-refractivity contribution >= 4 is 23.1 Å². The predicted molar refractivity (Wildman–Crippen MR) is 173 cm³/mol. The average Bonchev–Trinajstić information content (AvgIpc) is 3.15. The largest absolute Gasteiger partial charge is 0.493 e. The molecule has 0 aromatic heterocycles. The fourth-order valence-electron chi connectivity index (χ4n) is 6.34. The normalized spacial score (nSPS) is 18.4. The summed E-state index contributed by atoms with van der Waals surface area (Å²) in [5.41, 5.74) is 6.42. The predicted octanol–water partition coefficient (Wildman–Crippen LogP) is 8.48. The van der Waals surface area contributed by atoms with Gasteiger partial charge >= 0.3 is 0 Å². The van der Waals surface area contributed by atoms with Crippen LogP contribution in [0.4, 0.5) is 11.4 Å².